The van der Waals surface area contributed by atoms with Crippen LogP contribution in [0.3, 0.4) is 0 Å². The molecule has 6 nitrogen and oxygen atoms in total. The molecule has 1 unspecified atom stereocenters. The van der Waals surface area contributed by atoms with Gasteiger partial charge in [-0.05, 0) is 49.9 Å². The van der Waals surface area contributed by atoms with Gasteiger partial charge in [-0.15, -0.1) is 12.4 Å². The van der Waals surface area contributed by atoms with Gasteiger partial charge >= 0.3 is 0 Å². The van der Waals surface area contributed by atoms with Crippen LogP contribution < -0.4 is 24.8 Å². The maximum Gasteiger partial charge on any atom is 0.220 e. The molecule has 0 radical (unpaired) electrons. The highest BCUT2D eigenvalue weighted by molar-refractivity contribution is 5.85. The van der Waals surface area contributed by atoms with E-state index in [2.05, 4.69) is 10.6 Å². The standard InChI is InChI=1S/C18H28N2O4.ClH/c1-22-15-8-6-14(17(23-2)18(15)24-3)7-9-16(21)20-12-13-5-4-10-19-11-13;/h6,8,13,19H,4-5,7,9-12H2,1-3H3,(H,20,21);1H. The lowest BCUT2D eigenvalue weighted by molar-refractivity contribution is -0.121. The average molecular weight is 373 g/mol. The van der Waals surface area contributed by atoms with Crippen molar-refractivity contribution >= 4 is 18.3 Å². The van der Waals surface area contributed by atoms with Gasteiger partial charge < -0.3 is 24.8 Å². The van der Waals surface area contributed by atoms with E-state index in [0.29, 0.717) is 36.0 Å². The highest BCUT2D eigenvalue weighted by atomic mass is 35.5. The number of rotatable bonds is 8. The summed E-state index contributed by atoms with van der Waals surface area (Å²) in [5.74, 6) is 2.41. The minimum atomic E-state index is 0. The fraction of sp³-hybridized carbons (Fsp3) is 0.611. The predicted molar refractivity (Wildman–Crippen MR) is 100 cm³/mol. The summed E-state index contributed by atoms with van der Waals surface area (Å²) in [6.07, 6.45) is 3.38. The van der Waals surface area contributed by atoms with Gasteiger partial charge in [-0.1, -0.05) is 6.07 Å². The van der Waals surface area contributed by atoms with Gasteiger partial charge in [0.05, 0.1) is 21.3 Å². The van der Waals surface area contributed by atoms with E-state index in [4.69, 9.17) is 14.2 Å². The van der Waals surface area contributed by atoms with Gasteiger partial charge in [0.15, 0.2) is 11.5 Å². The number of carbonyl (C=O) groups is 1. The molecule has 2 rings (SSSR count). The number of hydrogen-bond acceptors (Lipinski definition) is 5. The Morgan fingerprint density at radius 3 is 2.56 bits per heavy atom. The number of carbonyl (C=O) groups excluding carboxylic acids is 1. The second kappa shape index (κ2) is 11.1. The van der Waals surface area contributed by atoms with E-state index in [-0.39, 0.29) is 18.3 Å². The molecule has 0 aliphatic carbocycles. The van der Waals surface area contributed by atoms with Gasteiger partial charge in [0, 0.05) is 13.0 Å². The molecule has 142 valence electrons. The van der Waals surface area contributed by atoms with Crippen LogP contribution >= 0.6 is 12.4 Å². The lowest BCUT2D eigenvalue weighted by Gasteiger charge is -2.22. The molecule has 1 atom stereocenters. The molecule has 7 heteroatoms. The third-order valence-electron chi connectivity index (χ3n) is 4.39. The molecule has 0 saturated carbocycles. The molecule has 1 aliphatic heterocycles. The van der Waals surface area contributed by atoms with Gasteiger partial charge in [0.2, 0.25) is 11.7 Å². The topological polar surface area (TPSA) is 68.8 Å². The monoisotopic (exact) mass is 372 g/mol. The molecule has 25 heavy (non-hydrogen) atoms. The van der Waals surface area contributed by atoms with Crippen LogP contribution in [0.2, 0.25) is 0 Å². The lowest BCUT2D eigenvalue weighted by Crippen LogP contribution is -2.38. The SMILES string of the molecule is COc1ccc(CCC(=O)NCC2CCCNC2)c(OC)c1OC.Cl. The summed E-state index contributed by atoms with van der Waals surface area (Å²) in [5, 5.41) is 6.40. The zero-order valence-electron chi connectivity index (χ0n) is 15.2. The fourth-order valence-electron chi connectivity index (χ4n) is 3.05. The predicted octanol–water partition coefficient (Wildman–Crippen LogP) is 2.18. The molecule has 0 bridgehead atoms. The van der Waals surface area contributed by atoms with Crippen LogP contribution in [0.1, 0.15) is 24.8 Å². The van der Waals surface area contributed by atoms with E-state index in [1.165, 1.54) is 12.8 Å². The van der Waals surface area contributed by atoms with E-state index in [1.807, 2.05) is 12.1 Å². The van der Waals surface area contributed by atoms with E-state index in [1.54, 1.807) is 21.3 Å². The summed E-state index contributed by atoms with van der Waals surface area (Å²) in [6, 6.07) is 3.75. The molecule has 0 spiro atoms. The zero-order chi connectivity index (χ0) is 17.4. The molecule has 1 aromatic rings. The number of halogens is 1. The molecule has 1 saturated heterocycles. The second-order valence-electron chi connectivity index (χ2n) is 6.01. The Morgan fingerprint density at radius 2 is 1.96 bits per heavy atom. The molecule has 1 aliphatic rings. The average Bonchev–Trinajstić information content (AvgIpc) is 2.64. The highest BCUT2D eigenvalue weighted by Gasteiger charge is 2.17. The van der Waals surface area contributed by atoms with E-state index < -0.39 is 0 Å². The normalized spacial score (nSPS) is 16.5. The quantitative estimate of drug-likeness (QED) is 0.732. The minimum Gasteiger partial charge on any atom is -0.493 e. The number of hydrogen-bond donors (Lipinski definition) is 2. The maximum atomic E-state index is 12.1. The van der Waals surface area contributed by atoms with Crippen LogP contribution in [0.15, 0.2) is 12.1 Å². The number of nitrogens with one attached hydrogen (secondary N) is 2. The smallest absolute Gasteiger partial charge is 0.220 e. The third kappa shape index (κ3) is 5.97. The summed E-state index contributed by atoms with van der Waals surface area (Å²) in [7, 11) is 4.76. The molecule has 1 aromatic carbocycles. The number of piperidine rings is 1. The van der Waals surface area contributed by atoms with Crippen molar-refractivity contribution in [3.63, 3.8) is 0 Å². The van der Waals surface area contributed by atoms with Crippen LogP contribution in [0.25, 0.3) is 0 Å². The molecule has 1 heterocycles. The molecular weight excluding hydrogens is 344 g/mol. The van der Waals surface area contributed by atoms with Gasteiger partial charge in [-0.25, -0.2) is 0 Å². The number of ether oxygens (including phenoxy) is 3. The fourth-order valence-corrected chi connectivity index (χ4v) is 3.05. The number of amides is 1. The van der Waals surface area contributed by atoms with Crippen molar-refractivity contribution in [3.05, 3.63) is 17.7 Å². The van der Waals surface area contributed by atoms with Crippen molar-refractivity contribution < 1.29 is 19.0 Å². The summed E-state index contributed by atoms with van der Waals surface area (Å²) >= 11 is 0. The van der Waals surface area contributed by atoms with Crippen LogP contribution in [0.4, 0.5) is 0 Å². The van der Waals surface area contributed by atoms with E-state index in [9.17, 15) is 4.79 Å². The van der Waals surface area contributed by atoms with E-state index in [0.717, 1.165) is 25.2 Å². The summed E-state index contributed by atoms with van der Waals surface area (Å²) < 4.78 is 16.1. The van der Waals surface area contributed by atoms with Crippen LogP contribution in [0, 0.1) is 5.92 Å². The number of benzene rings is 1. The van der Waals surface area contributed by atoms with Crippen molar-refractivity contribution in [3.8, 4) is 17.2 Å². The first-order valence-corrected chi connectivity index (χ1v) is 8.44. The second-order valence-corrected chi connectivity index (χ2v) is 6.01. The van der Waals surface area contributed by atoms with Crippen molar-refractivity contribution in [1.82, 2.24) is 10.6 Å². The van der Waals surface area contributed by atoms with Gasteiger partial charge in [-0.2, -0.15) is 0 Å². The molecule has 0 aromatic heterocycles. The Hall–Kier alpha value is -1.66. The molecule has 1 fully saturated rings. The van der Waals surface area contributed by atoms with Crippen LogP contribution in [0.5, 0.6) is 17.2 Å². The summed E-state index contributed by atoms with van der Waals surface area (Å²) in [5.41, 5.74) is 0.935. The number of methoxy groups -OCH3 is 3. The Balaban J connectivity index is 0.00000312. The summed E-state index contributed by atoms with van der Waals surface area (Å²) in [6.45, 7) is 2.82. The minimum absolute atomic E-state index is 0. The summed E-state index contributed by atoms with van der Waals surface area (Å²) in [4.78, 5) is 12.1. The zero-order valence-corrected chi connectivity index (χ0v) is 16.0. The van der Waals surface area contributed by atoms with Gasteiger partial charge in [-0.3, -0.25) is 4.79 Å². The van der Waals surface area contributed by atoms with Crippen molar-refractivity contribution in [1.29, 1.82) is 0 Å². The Morgan fingerprint density at radius 1 is 1.20 bits per heavy atom. The third-order valence-corrected chi connectivity index (χ3v) is 4.39. The van der Waals surface area contributed by atoms with Crippen LogP contribution in [-0.2, 0) is 11.2 Å². The van der Waals surface area contributed by atoms with Crippen molar-refractivity contribution in [2.75, 3.05) is 41.0 Å². The van der Waals surface area contributed by atoms with E-state index >= 15 is 0 Å². The maximum absolute atomic E-state index is 12.1. The first kappa shape index (κ1) is 21.4. The molecular formula is C18H29ClN2O4. The number of aryl methyl sites for hydroxylation is 1. The molecule has 2 N–H and O–H groups in total. The largest absolute Gasteiger partial charge is 0.493 e. The Kier molecular flexibility index (Phi) is 9.45. The first-order chi connectivity index (χ1) is 11.7. The van der Waals surface area contributed by atoms with Crippen molar-refractivity contribution in [2.45, 2.75) is 25.7 Å². The van der Waals surface area contributed by atoms with Gasteiger partial charge in [0.1, 0.15) is 0 Å². The molecule has 1 amide bonds. The highest BCUT2D eigenvalue weighted by Crippen LogP contribution is 2.40. The van der Waals surface area contributed by atoms with Gasteiger partial charge in [0.25, 0.3) is 0 Å². The lowest BCUT2D eigenvalue weighted by atomic mass is 9.99. The van der Waals surface area contributed by atoms with Crippen LogP contribution in [-0.4, -0.2) is 46.9 Å². The Labute approximate surface area is 156 Å². The Bertz CT molecular complexity index is 548. The van der Waals surface area contributed by atoms with Crippen molar-refractivity contribution in [2.24, 2.45) is 5.92 Å². The first-order valence-electron chi connectivity index (χ1n) is 8.44.